The molecule has 0 N–H and O–H groups in total. The largest absolute Gasteiger partial charge is 0.441 e. The highest BCUT2D eigenvalue weighted by Crippen LogP contribution is 2.36. The Kier molecular flexibility index (Phi) is 5.51. The molecule has 0 radical (unpaired) electrons. The summed E-state index contributed by atoms with van der Waals surface area (Å²) in [5.74, 6) is 0.901. The smallest absolute Gasteiger partial charge is 0.223 e. The van der Waals surface area contributed by atoms with Crippen molar-refractivity contribution >= 4 is 27.5 Å². The van der Waals surface area contributed by atoms with Crippen LogP contribution >= 0.6 is 11.3 Å². The molecule has 1 aliphatic heterocycles. The summed E-state index contributed by atoms with van der Waals surface area (Å²) in [5, 5.41) is 1.02. The normalized spacial score (nSPS) is 16.7. The van der Waals surface area contributed by atoms with E-state index in [-0.39, 0.29) is 17.8 Å². The lowest BCUT2D eigenvalue weighted by Gasteiger charge is -2.34. The minimum absolute atomic E-state index is 0.0398. The van der Waals surface area contributed by atoms with Crippen molar-refractivity contribution in [1.29, 1.82) is 0 Å². The fourth-order valence-corrected chi connectivity index (χ4v) is 5.17. The Morgan fingerprint density at radius 1 is 1.16 bits per heavy atom. The third kappa shape index (κ3) is 4.23. The molecule has 0 aliphatic carbocycles. The molecule has 0 spiro atoms. The summed E-state index contributed by atoms with van der Waals surface area (Å²) in [6.07, 6.45) is 5.46. The summed E-state index contributed by atoms with van der Waals surface area (Å²) in [4.78, 5) is 24.1. The number of para-hydroxylation sites is 1. The predicted molar refractivity (Wildman–Crippen MR) is 118 cm³/mol. The fraction of sp³-hybridized carbons (Fsp3) is 0.292. The number of oxazole rings is 1. The van der Waals surface area contributed by atoms with Gasteiger partial charge < -0.3 is 9.32 Å². The van der Waals surface area contributed by atoms with E-state index in [2.05, 4.69) is 11.1 Å². The van der Waals surface area contributed by atoms with E-state index in [9.17, 15) is 9.18 Å². The highest BCUT2D eigenvalue weighted by atomic mass is 32.1. The minimum atomic E-state index is -0.293. The highest BCUT2D eigenvalue weighted by molar-refractivity contribution is 7.18. The van der Waals surface area contributed by atoms with Gasteiger partial charge in [-0.3, -0.25) is 4.79 Å². The maximum absolute atomic E-state index is 13.1. The van der Waals surface area contributed by atoms with E-state index in [1.165, 1.54) is 12.1 Å². The molecule has 5 nitrogen and oxygen atoms in total. The Balaban J connectivity index is 1.27. The van der Waals surface area contributed by atoms with E-state index >= 15 is 0 Å². The molecule has 7 heteroatoms. The maximum Gasteiger partial charge on any atom is 0.223 e. The Labute approximate surface area is 183 Å². The van der Waals surface area contributed by atoms with Gasteiger partial charge in [-0.1, -0.05) is 12.1 Å². The Morgan fingerprint density at radius 3 is 2.84 bits per heavy atom. The number of likely N-dealkylation sites (tertiary alicyclic amines) is 1. The molecule has 158 valence electrons. The average Bonchev–Trinajstić information content (AvgIpc) is 3.45. The van der Waals surface area contributed by atoms with Gasteiger partial charge in [-0.15, -0.1) is 11.3 Å². The molecular weight excluding hydrogens is 413 g/mol. The molecule has 31 heavy (non-hydrogen) atoms. The number of hydrogen-bond acceptors (Lipinski definition) is 5. The number of nitrogens with zero attached hydrogens (tertiary/aromatic N) is 3. The van der Waals surface area contributed by atoms with Crippen LogP contribution in [0.3, 0.4) is 0 Å². The van der Waals surface area contributed by atoms with Gasteiger partial charge in [0.1, 0.15) is 10.8 Å². The molecule has 4 aromatic rings. The number of hydrogen-bond donors (Lipinski definition) is 0. The van der Waals surface area contributed by atoms with Gasteiger partial charge in [0.2, 0.25) is 5.91 Å². The van der Waals surface area contributed by atoms with Gasteiger partial charge in [0, 0.05) is 24.9 Å². The zero-order chi connectivity index (χ0) is 21.2. The molecule has 2 aromatic carbocycles. The lowest BCUT2D eigenvalue weighted by Crippen LogP contribution is -2.38. The van der Waals surface area contributed by atoms with Gasteiger partial charge in [0.05, 0.1) is 22.5 Å². The quantitative estimate of drug-likeness (QED) is 0.399. The van der Waals surface area contributed by atoms with Crippen LogP contribution < -0.4 is 0 Å². The molecule has 2 aromatic heterocycles. The molecular formula is C24H22FN3O2S. The first kappa shape index (κ1) is 19.9. The number of aromatic nitrogens is 2. The molecule has 5 rings (SSSR count). The second-order valence-corrected chi connectivity index (χ2v) is 8.81. The summed E-state index contributed by atoms with van der Waals surface area (Å²) in [5.41, 5.74) is 1.76. The van der Waals surface area contributed by atoms with Crippen molar-refractivity contribution < 1.29 is 13.6 Å². The molecule has 1 amide bonds. The van der Waals surface area contributed by atoms with Gasteiger partial charge >= 0.3 is 0 Å². The molecule has 1 unspecified atom stereocenters. The van der Waals surface area contributed by atoms with Gasteiger partial charge in [-0.2, -0.15) is 0 Å². The van der Waals surface area contributed by atoms with Crippen molar-refractivity contribution in [2.24, 2.45) is 0 Å². The van der Waals surface area contributed by atoms with Gasteiger partial charge in [0.25, 0.3) is 0 Å². The van der Waals surface area contributed by atoms with Crippen molar-refractivity contribution in [2.45, 2.75) is 38.1 Å². The number of aryl methyl sites for hydroxylation is 1. The number of piperidine rings is 1. The third-order valence-electron chi connectivity index (χ3n) is 5.65. The number of amides is 1. The van der Waals surface area contributed by atoms with E-state index in [1.807, 2.05) is 23.1 Å². The number of carbonyl (C=O) groups is 1. The maximum atomic E-state index is 13.1. The number of benzene rings is 2. The van der Waals surface area contributed by atoms with Crippen LogP contribution in [0.15, 0.2) is 59.1 Å². The number of halogens is 1. The second-order valence-electron chi connectivity index (χ2n) is 7.74. The second kappa shape index (κ2) is 8.59. The highest BCUT2D eigenvalue weighted by Gasteiger charge is 2.30. The predicted octanol–water partition coefficient (Wildman–Crippen LogP) is 5.78. The van der Waals surface area contributed by atoms with Gasteiger partial charge in [0.15, 0.2) is 11.7 Å². The van der Waals surface area contributed by atoms with Crippen LogP contribution in [0.5, 0.6) is 0 Å². The van der Waals surface area contributed by atoms with Crippen LogP contribution in [-0.2, 0) is 11.2 Å². The van der Waals surface area contributed by atoms with Crippen LogP contribution in [0.25, 0.3) is 21.5 Å². The Morgan fingerprint density at radius 2 is 2.00 bits per heavy atom. The number of rotatable bonds is 5. The lowest BCUT2D eigenvalue weighted by molar-refractivity contribution is -0.135. The SMILES string of the molecule is O=C(CCc1ncc(-c2ccc(F)cc2)o1)N1CCCCC1c1nc2ccccc2s1. The van der Waals surface area contributed by atoms with E-state index in [0.717, 1.165) is 46.6 Å². The first-order valence-electron chi connectivity index (χ1n) is 10.5. The van der Waals surface area contributed by atoms with Crippen LogP contribution in [0.2, 0.25) is 0 Å². The first-order valence-corrected chi connectivity index (χ1v) is 11.3. The lowest BCUT2D eigenvalue weighted by atomic mass is 10.0. The van der Waals surface area contributed by atoms with Crippen molar-refractivity contribution in [3.63, 3.8) is 0 Å². The molecule has 1 atom stereocenters. The summed E-state index contributed by atoms with van der Waals surface area (Å²) in [7, 11) is 0. The van der Waals surface area contributed by atoms with Crippen molar-refractivity contribution in [2.75, 3.05) is 6.54 Å². The van der Waals surface area contributed by atoms with E-state index < -0.39 is 0 Å². The first-order chi connectivity index (χ1) is 15.2. The van der Waals surface area contributed by atoms with Crippen molar-refractivity contribution in [3.8, 4) is 11.3 Å². The standard InChI is InChI=1S/C24H22FN3O2S/c25-17-10-8-16(9-11-17)20-15-26-22(30-20)12-13-23(29)28-14-4-3-6-19(28)24-27-18-5-1-2-7-21(18)31-24/h1-2,5,7-11,15,19H,3-4,6,12-14H2. The number of carbonyl (C=O) groups excluding carboxylic acids is 1. The monoisotopic (exact) mass is 435 g/mol. The zero-order valence-electron chi connectivity index (χ0n) is 17.0. The third-order valence-corrected chi connectivity index (χ3v) is 6.79. The van der Waals surface area contributed by atoms with E-state index in [1.54, 1.807) is 29.7 Å². The molecule has 0 bridgehead atoms. The van der Waals surface area contributed by atoms with Crippen LogP contribution in [-0.4, -0.2) is 27.3 Å². The topological polar surface area (TPSA) is 59.2 Å². The fourth-order valence-electron chi connectivity index (χ4n) is 4.05. The van der Waals surface area contributed by atoms with Crippen molar-refractivity contribution in [1.82, 2.24) is 14.9 Å². The zero-order valence-corrected chi connectivity index (χ0v) is 17.8. The summed E-state index contributed by atoms with van der Waals surface area (Å²) < 4.78 is 20.1. The molecule has 3 heterocycles. The summed E-state index contributed by atoms with van der Waals surface area (Å²) in [6, 6.07) is 14.2. The summed E-state index contributed by atoms with van der Waals surface area (Å²) in [6.45, 7) is 0.756. The van der Waals surface area contributed by atoms with E-state index in [0.29, 0.717) is 24.5 Å². The van der Waals surface area contributed by atoms with Gasteiger partial charge in [-0.05, 0) is 55.7 Å². The minimum Gasteiger partial charge on any atom is -0.441 e. The van der Waals surface area contributed by atoms with Crippen molar-refractivity contribution in [3.05, 3.63) is 71.4 Å². The average molecular weight is 436 g/mol. The summed E-state index contributed by atoms with van der Waals surface area (Å²) >= 11 is 1.68. The van der Waals surface area contributed by atoms with Crippen LogP contribution in [0.1, 0.15) is 42.6 Å². The van der Waals surface area contributed by atoms with Gasteiger partial charge in [-0.25, -0.2) is 14.4 Å². The molecule has 1 aliphatic rings. The van der Waals surface area contributed by atoms with Crippen LogP contribution in [0.4, 0.5) is 4.39 Å². The molecule has 1 saturated heterocycles. The van der Waals surface area contributed by atoms with E-state index in [4.69, 9.17) is 9.40 Å². The van der Waals surface area contributed by atoms with Crippen LogP contribution in [0, 0.1) is 5.82 Å². The molecule has 1 fully saturated rings. The Bertz CT molecular complexity index is 1170. The Hall–Kier alpha value is -3.06. The number of thiazole rings is 1. The number of fused-ring (bicyclic) bond motifs is 1. The molecule has 0 saturated carbocycles.